The van der Waals surface area contributed by atoms with E-state index in [0.717, 1.165) is 16.7 Å². The van der Waals surface area contributed by atoms with E-state index in [-0.39, 0.29) is 12.6 Å². The number of benzene rings is 2. The predicted octanol–water partition coefficient (Wildman–Crippen LogP) is 3.80. The van der Waals surface area contributed by atoms with Gasteiger partial charge in [-0.15, -0.1) is 0 Å². The lowest BCUT2D eigenvalue weighted by molar-refractivity contribution is 0.269. The van der Waals surface area contributed by atoms with Crippen molar-refractivity contribution < 1.29 is 5.11 Å². The first kappa shape index (κ1) is 13.8. The molecular formula is C16H16ClNO. The van der Waals surface area contributed by atoms with E-state index in [4.69, 9.17) is 11.6 Å². The molecule has 19 heavy (non-hydrogen) atoms. The average molecular weight is 274 g/mol. The zero-order valence-corrected chi connectivity index (χ0v) is 11.5. The van der Waals surface area contributed by atoms with Crippen molar-refractivity contribution in [1.29, 1.82) is 0 Å². The van der Waals surface area contributed by atoms with Crippen molar-refractivity contribution in [1.82, 2.24) is 0 Å². The molecule has 0 amide bonds. The molecule has 0 radical (unpaired) electrons. The highest BCUT2D eigenvalue weighted by atomic mass is 35.5. The van der Waals surface area contributed by atoms with Gasteiger partial charge in [0.25, 0.3) is 0 Å². The van der Waals surface area contributed by atoms with Crippen molar-refractivity contribution in [3.63, 3.8) is 0 Å². The summed E-state index contributed by atoms with van der Waals surface area (Å²) in [4.78, 5) is 4.43. The molecule has 0 fully saturated rings. The van der Waals surface area contributed by atoms with Crippen LogP contribution in [0.15, 0.2) is 53.5 Å². The van der Waals surface area contributed by atoms with E-state index in [2.05, 4.69) is 4.99 Å². The number of rotatable bonds is 4. The van der Waals surface area contributed by atoms with Gasteiger partial charge in [0.05, 0.1) is 12.6 Å². The van der Waals surface area contributed by atoms with Crippen LogP contribution in [0.1, 0.15) is 22.7 Å². The lowest BCUT2D eigenvalue weighted by Crippen LogP contribution is -2.01. The first-order valence-corrected chi connectivity index (χ1v) is 6.53. The van der Waals surface area contributed by atoms with Gasteiger partial charge in [-0.25, -0.2) is 0 Å². The summed E-state index contributed by atoms with van der Waals surface area (Å²) >= 11 is 6.01. The Kier molecular flexibility index (Phi) is 4.72. The maximum absolute atomic E-state index is 9.43. The molecule has 0 spiro atoms. The van der Waals surface area contributed by atoms with E-state index in [1.165, 1.54) is 0 Å². The maximum Gasteiger partial charge on any atom is 0.0979 e. The Bertz CT molecular complexity index is 546. The van der Waals surface area contributed by atoms with Crippen LogP contribution in [0, 0.1) is 6.92 Å². The van der Waals surface area contributed by atoms with E-state index in [9.17, 15) is 5.11 Å². The first-order valence-electron chi connectivity index (χ1n) is 6.15. The summed E-state index contributed by atoms with van der Waals surface area (Å²) in [6.45, 7) is 1.98. The van der Waals surface area contributed by atoms with Crippen LogP contribution in [0.4, 0.5) is 0 Å². The molecule has 2 nitrogen and oxygen atoms in total. The highest BCUT2D eigenvalue weighted by molar-refractivity contribution is 6.30. The molecule has 0 heterocycles. The standard InChI is InChI=1S/C16H16ClNO/c1-12-7-13(9-15(17)8-12)10-18-16(11-19)14-5-3-2-4-6-14/h2-10,16,19H,11H2,1H3/t16-/m1/s1. The zero-order valence-electron chi connectivity index (χ0n) is 10.8. The minimum Gasteiger partial charge on any atom is -0.394 e. The van der Waals surface area contributed by atoms with Gasteiger partial charge in [-0.2, -0.15) is 0 Å². The van der Waals surface area contributed by atoms with E-state index in [1.54, 1.807) is 6.21 Å². The van der Waals surface area contributed by atoms with Gasteiger partial charge in [-0.3, -0.25) is 4.99 Å². The minimum atomic E-state index is -0.236. The SMILES string of the molecule is Cc1cc(Cl)cc(C=N[C@H](CO)c2ccccc2)c1. The van der Waals surface area contributed by atoms with Crippen LogP contribution < -0.4 is 0 Å². The Hall–Kier alpha value is -1.64. The molecule has 98 valence electrons. The number of hydrogen-bond acceptors (Lipinski definition) is 2. The third-order valence-corrected chi connectivity index (χ3v) is 3.04. The molecule has 0 aliphatic carbocycles. The average Bonchev–Trinajstić information content (AvgIpc) is 2.39. The summed E-state index contributed by atoms with van der Waals surface area (Å²) in [7, 11) is 0. The Labute approximate surface area is 118 Å². The van der Waals surface area contributed by atoms with E-state index in [0.29, 0.717) is 5.02 Å². The number of aliphatic imine (C=N–C) groups is 1. The number of halogens is 1. The Morgan fingerprint density at radius 3 is 2.58 bits per heavy atom. The third kappa shape index (κ3) is 3.91. The van der Waals surface area contributed by atoms with Crippen LogP contribution in [0.2, 0.25) is 5.02 Å². The molecule has 3 heteroatoms. The van der Waals surface area contributed by atoms with Crippen molar-refractivity contribution in [2.75, 3.05) is 6.61 Å². The van der Waals surface area contributed by atoms with Gasteiger partial charge in [-0.1, -0.05) is 48.0 Å². The van der Waals surface area contributed by atoms with Gasteiger partial charge in [0.15, 0.2) is 0 Å². The third-order valence-electron chi connectivity index (χ3n) is 2.83. The molecule has 0 saturated heterocycles. The van der Waals surface area contributed by atoms with Gasteiger partial charge in [0.1, 0.15) is 0 Å². The van der Waals surface area contributed by atoms with Crippen LogP contribution in [0.3, 0.4) is 0 Å². The molecule has 2 aromatic rings. The van der Waals surface area contributed by atoms with Crippen molar-refractivity contribution in [2.45, 2.75) is 13.0 Å². The highest BCUT2D eigenvalue weighted by Crippen LogP contribution is 2.17. The molecule has 0 saturated carbocycles. The molecule has 0 aliphatic heterocycles. The van der Waals surface area contributed by atoms with Gasteiger partial charge < -0.3 is 5.11 Å². The summed E-state index contributed by atoms with van der Waals surface area (Å²) in [5, 5.41) is 10.1. The largest absolute Gasteiger partial charge is 0.394 e. The topological polar surface area (TPSA) is 32.6 Å². The molecule has 0 aliphatic rings. The lowest BCUT2D eigenvalue weighted by atomic mass is 10.1. The highest BCUT2D eigenvalue weighted by Gasteiger charge is 2.06. The minimum absolute atomic E-state index is 0.0138. The molecule has 0 unspecified atom stereocenters. The fourth-order valence-electron chi connectivity index (χ4n) is 1.93. The first-order chi connectivity index (χ1) is 9.19. The summed E-state index contributed by atoms with van der Waals surface area (Å²) in [5.74, 6) is 0. The van der Waals surface area contributed by atoms with Crippen molar-refractivity contribution in [3.05, 3.63) is 70.2 Å². The Morgan fingerprint density at radius 1 is 1.21 bits per heavy atom. The number of aliphatic hydroxyl groups is 1. The molecule has 0 bridgehead atoms. The van der Waals surface area contributed by atoms with E-state index in [1.807, 2.05) is 55.5 Å². The summed E-state index contributed by atoms with van der Waals surface area (Å²) in [6, 6.07) is 15.3. The second kappa shape index (κ2) is 6.50. The molecule has 2 aromatic carbocycles. The van der Waals surface area contributed by atoms with Gasteiger partial charge in [-0.05, 0) is 35.7 Å². The molecule has 1 N–H and O–H groups in total. The summed E-state index contributed by atoms with van der Waals surface area (Å²) in [6.07, 6.45) is 1.76. The summed E-state index contributed by atoms with van der Waals surface area (Å²) in [5.41, 5.74) is 3.04. The molecule has 2 rings (SSSR count). The van der Waals surface area contributed by atoms with Crippen molar-refractivity contribution in [2.24, 2.45) is 4.99 Å². The number of nitrogens with zero attached hydrogens (tertiary/aromatic N) is 1. The van der Waals surface area contributed by atoms with Gasteiger partial charge in [0.2, 0.25) is 0 Å². The van der Waals surface area contributed by atoms with E-state index < -0.39 is 0 Å². The Balaban J connectivity index is 2.20. The normalized spacial score (nSPS) is 12.8. The predicted molar refractivity (Wildman–Crippen MR) is 80.1 cm³/mol. The van der Waals surface area contributed by atoms with E-state index >= 15 is 0 Å². The monoisotopic (exact) mass is 273 g/mol. The van der Waals surface area contributed by atoms with Crippen LogP contribution in [0.5, 0.6) is 0 Å². The lowest BCUT2D eigenvalue weighted by Gasteiger charge is -2.09. The second-order valence-corrected chi connectivity index (χ2v) is 4.89. The van der Waals surface area contributed by atoms with Crippen LogP contribution in [-0.2, 0) is 0 Å². The molecule has 0 aromatic heterocycles. The quantitative estimate of drug-likeness (QED) is 0.845. The summed E-state index contributed by atoms with van der Waals surface area (Å²) < 4.78 is 0. The fourth-order valence-corrected chi connectivity index (χ4v) is 2.23. The van der Waals surface area contributed by atoms with Crippen LogP contribution >= 0.6 is 11.6 Å². The maximum atomic E-state index is 9.43. The Morgan fingerprint density at radius 2 is 1.95 bits per heavy atom. The van der Waals surface area contributed by atoms with Gasteiger partial charge >= 0.3 is 0 Å². The number of hydrogen-bond donors (Lipinski definition) is 1. The van der Waals surface area contributed by atoms with Crippen LogP contribution in [0.25, 0.3) is 0 Å². The molecular weight excluding hydrogens is 258 g/mol. The van der Waals surface area contributed by atoms with Gasteiger partial charge in [0, 0.05) is 11.2 Å². The molecule has 1 atom stereocenters. The fraction of sp³-hybridized carbons (Fsp3) is 0.188. The smallest absolute Gasteiger partial charge is 0.0979 e. The van der Waals surface area contributed by atoms with Crippen LogP contribution in [-0.4, -0.2) is 17.9 Å². The zero-order chi connectivity index (χ0) is 13.7. The number of aryl methyl sites for hydroxylation is 1. The van der Waals surface area contributed by atoms with Crippen molar-refractivity contribution >= 4 is 17.8 Å². The number of aliphatic hydroxyl groups excluding tert-OH is 1. The second-order valence-electron chi connectivity index (χ2n) is 4.45. The van der Waals surface area contributed by atoms with Crippen molar-refractivity contribution in [3.8, 4) is 0 Å².